The second-order valence-corrected chi connectivity index (χ2v) is 18.1. The van der Waals surface area contributed by atoms with Gasteiger partial charge in [-0.15, -0.1) is 0 Å². The first-order valence-corrected chi connectivity index (χ1v) is 21.4. The minimum atomic E-state index is -0.556. The number of aromatic nitrogens is 2. The average Bonchev–Trinajstić information content (AvgIpc) is 3.52. The third-order valence-electron chi connectivity index (χ3n) is 13.2. The van der Waals surface area contributed by atoms with Crippen LogP contribution in [0.1, 0.15) is 90.4 Å². The molecule has 4 aliphatic heterocycles. The van der Waals surface area contributed by atoms with E-state index in [9.17, 15) is 19.2 Å². The van der Waals surface area contributed by atoms with Gasteiger partial charge in [0.1, 0.15) is 22.7 Å². The molecule has 1 aromatic rings. The van der Waals surface area contributed by atoms with E-state index in [1.165, 1.54) is 16.2 Å². The number of thioether (sulfide) groups is 1. The highest BCUT2D eigenvalue weighted by molar-refractivity contribution is 8.03. The maximum Gasteiger partial charge on any atom is 0.250 e. The smallest absolute Gasteiger partial charge is 0.250 e. The first-order chi connectivity index (χ1) is 26.6. The summed E-state index contributed by atoms with van der Waals surface area (Å²) in [7, 11) is 0. The molecule has 13 heteroatoms. The number of nitrogens with zero attached hydrogens (tertiary/aromatic N) is 6. The standard InChI is InChI=1S/C42H56N8O4S/c1-42(43)15-17-49(18-16-42)37-25-45-39(26-44-37)55-33-4-2-3-28(23-33)5-13-36(51)29-6-8-31(9-7-29)47-19-21-48(22-20-47)32-10-11-34-30(24-32)27-50(41(34)54)35-12-14-38(52)46-40(35)53/h4,10-11,23,25-26,29-31,35H,2-3,5-9,12-22,24,27,43H2,1H3,(H,46,52,53). The highest BCUT2D eigenvalue weighted by atomic mass is 32.2. The molecule has 7 aliphatic rings. The van der Waals surface area contributed by atoms with E-state index in [0.717, 1.165) is 120 Å². The maximum atomic E-state index is 13.4. The first-order valence-electron chi connectivity index (χ1n) is 20.6. The Hall–Kier alpha value is -3.81. The van der Waals surface area contributed by atoms with Crippen molar-refractivity contribution in [1.29, 1.82) is 0 Å². The Morgan fingerprint density at radius 2 is 1.73 bits per heavy atom. The number of hydrogen-bond acceptors (Lipinski definition) is 11. The topological polar surface area (TPSA) is 145 Å². The number of carbonyl (C=O) groups excluding carboxylic acids is 4. The van der Waals surface area contributed by atoms with Gasteiger partial charge in [-0.1, -0.05) is 29.5 Å². The zero-order valence-corrected chi connectivity index (χ0v) is 33.0. The molecular formula is C42H56N8O4S. The van der Waals surface area contributed by atoms with Gasteiger partial charge in [-0.2, -0.15) is 0 Å². The minimum absolute atomic E-state index is 0.0667. The third-order valence-corrected chi connectivity index (χ3v) is 14.1. The zero-order valence-electron chi connectivity index (χ0n) is 32.2. The lowest BCUT2D eigenvalue weighted by Gasteiger charge is -2.43. The number of rotatable bonds is 10. The monoisotopic (exact) mass is 768 g/mol. The number of nitrogens with one attached hydrogen (secondary N) is 1. The number of carbonyl (C=O) groups is 4. The summed E-state index contributed by atoms with van der Waals surface area (Å²) in [6.07, 6.45) is 23.4. The Morgan fingerprint density at radius 1 is 0.945 bits per heavy atom. The minimum Gasteiger partial charge on any atom is -0.372 e. The summed E-state index contributed by atoms with van der Waals surface area (Å²) in [5, 5.41) is 3.29. The highest BCUT2D eigenvalue weighted by Crippen LogP contribution is 2.38. The lowest BCUT2D eigenvalue weighted by atomic mass is 9.81. The van der Waals surface area contributed by atoms with Crippen LogP contribution in [0.4, 0.5) is 5.82 Å². The number of piperazine rings is 1. The van der Waals surface area contributed by atoms with Crippen molar-refractivity contribution in [2.24, 2.45) is 17.6 Å². The molecule has 4 saturated heterocycles. The van der Waals surface area contributed by atoms with Crippen molar-refractivity contribution < 1.29 is 19.2 Å². The molecule has 8 rings (SSSR count). The molecule has 0 bridgehead atoms. The number of Topliss-reactive ketones (excluding diaryl/α,β-unsaturated/α-hetero) is 1. The van der Waals surface area contributed by atoms with Crippen LogP contribution in [0.25, 0.3) is 0 Å². The van der Waals surface area contributed by atoms with Crippen LogP contribution in [0.15, 0.2) is 63.5 Å². The number of amides is 3. The molecule has 0 radical (unpaired) electrons. The SMILES string of the molecule is CC1(N)CCN(c2cnc(SC3=CCCC(CCC(=O)C4CCC(N5CCN(C6=CC=C7C(=O)N(C8CCC(=O)NC8=O)CC7C6)CC5)CC4)=C3)cn2)CC1. The van der Waals surface area contributed by atoms with E-state index in [2.05, 4.69) is 45.2 Å². The van der Waals surface area contributed by atoms with Crippen LogP contribution < -0.4 is 16.0 Å². The Balaban J connectivity index is 0.743. The van der Waals surface area contributed by atoms with Gasteiger partial charge in [0.05, 0.1) is 12.4 Å². The number of fused-ring (bicyclic) bond motifs is 1. The van der Waals surface area contributed by atoms with Crippen LogP contribution in [-0.4, -0.2) is 112 Å². The van der Waals surface area contributed by atoms with Crippen molar-refractivity contribution in [1.82, 2.24) is 30.0 Å². The Kier molecular flexibility index (Phi) is 11.3. The fraction of sp³-hybridized carbons (Fsp3) is 0.619. The van der Waals surface area contributed by atoms with Gasteiger partial charge in [-0.25, -0.2) is 9.97 Å². The molecule has 5 heterocycles. The maximum absolute atomic E-state index is 13.4. The van der Waals surface area contributed by atoms with Crippen LogP contribution in [0.5, 0.6) is 0 Å². The predicted octanol–water partition coefficient (Wildman–Crippen LogP) is 4.49. The Labute approximate surface area is 329 Å². The fourth-order valence-electron chi connectivity index (χ4n) is 9.65. The fourth-order valence-corrected chi connectivity index (χ4v) is 10.5. The van der Waals surface area contributed by atoms with Crippen LogP contribution in [0.3, 0.4) is 0 Å². The van der Waals surface area contributed by atoms with Gasteiger partial charge >= 0.3 is 0 Å². The number of hydrogen-bond donors (Lipinski definition) is 2. The first kappa shape index (κ1) is 38.1. The van der Waals surface area contributed by atoms with Crippen LogP contribution in [0.2, 0.25) is 0 Å². The number of ketones is 1. The molecular weight excluding hydrogens is 713 g/mol. The number of anilines is 1. The summed E-state index contributed by atoms with van der Waals surface area (Å²) < 4.78 is 0. The molecule has 0 spiro atoms. The predicted molar refractivity (Wildman–Crippen MR) is 213 cm³/mol. The Bertz CT molecular complexity index is 1780. The molecule has 1 saturated carbocycles. The number of likely N-dealkylation sites (tertiary alicyclic amines) is 1. The van der Waals surface area contributed by atoms with Gasteiger partial charge in [0.25, 0.3) is 5.91 Å². The van der Waals surface area contributed by atoms with Gasteiger partial charge in [-0.05, 0) is 89.7 Å². The average molecular weight is 769 g/mol. The quantitative estimate of drug-likeness (QED) is 0.325. The summed E-state index contributed by atoms with van der Waals surface area (Å²) in [5.74, 6) is 0.935. The van der Waals surface area contributed by atoms with Crippen molar-refractivity contribution in [2.45, 2.75) is 113 Å². The molecule has 3 N–H and O–H groups in total. The van der Waals surface area contributed by atoms with Crippen LogP contribution in [-0.2, 0) is 19.2 Å². The van der Waals surface area contributed by atoms with E-state index in [1.54, 1.807) is 16.7 Å². The molecule has 55 heavy (non-hydrogen) atoms. The van der Waals surface area contributed by atoms with Crippen LogP contribution >= 0.6 is 11.8 Å². The molecule has 1 aromatic heterocycles. The van der Waals surface area contributed by atoms with Crippen molar-refractivity contribution >= 4 is 41.1 Å². The van der Waals surface area contributed by atoms with Crippen molar-refractivity contribution in [3.63, 3.8) is 0 Å². The van der Waals surface area contributed by atoms with E-state index in [4.69, 9.17) is 15.7 Å². The summed E-state index contributed by atoms with van der Waals surface area (Å²) in [5.41, 5.74) is 9.63. The van der Waals surface area contributed by atoms with E-state index < -0.39 is 6.04 Å². The summed E-state index contributed by atoms with van der Waals surface area (Å²) >= 11 is 1.66. The van der Waals surface area contributed by atoms with E-state index >= 15 is 0 Å². The number of nitrogens with two attached hydrogens (primary N) is 1. The number of imide groups is 1. The Morgan fingerprint density at radius 3 is 2.45 bits per heavy atom. The van der Waals surface area contributed by atoms with Gasteiger partial charge in [-0.3, -0.25) is 29.4 Å². The highest BCUT2D eigenvalue weighted by Gasteiger charge is 2.44. The third kappa shape index (κ3) is 8.78. The second-order valence-electron chi connectivity index (χ2n) is 17.0. The lowest BCUT2D eigenvalue weighted by Crippen LogP contribution is -2.53. The largest absolute Gasteiger partial charge is 0.372 e. The number of piperidine rings is 2. The summed E-state index contributed by atoms with van der Waals surface area (Å²) in [6.45, 7) is 8.41. The van der Waals surface area contributed by atoms with Gasteiger partial charge in [0, 0.05) is 98.2 Å². The van der Waals surface area contributed by atoms with E-state index in [1.807, 2.05) is 18.5 Å². The van der Waals surface area contributed by atoms with Crippen molar-refractivity contribution in [3.8, 4) is 0 Å². The molecule has 12 nitrogen and oxygen atoms in total. The zero-order chi connectivity index (χ0) is 38.1. The molecule has 3 amide bonds. The molecule has 5 fully saturated rings. The van der Waals surface area contributed by atoms with Crippen molar-refractivity contribution in [3.05, 3.63) is 58.4 Å². The normalized spacial score (nSPS) is 28.9. The van der Waals surface area contributed by atoms with Crippen molar-refractivity contribution in [2.75, 3.05) is 50.7 Å². The molecule has 294 valence electrons. The van der Waals surface area contributed by atoms with E-state index in [0.29, 0.717) is 31.2 Å². The van der Waals surface area contributed by atoms with Gasteiger partial charge in [0.2, 0.25) is 11.8 Å². The molecule has 3 aliphatic carbocycles. The molecule has 2 unspecified atom stereocenters. The van der Waals surface area contributed by atoms with Crippen LogP contribution in [0, 0.1) is 11.8 Å². The molecule has 0 aromatic carbocycles. The summed E-state index contributed by atoms with van der Waals surface area (Å²) in [4.78, 5) is 70.3. The summed E-state index contributed by atoms with van der Waals surface area (Å²) in [6, 6.07) is -0.0174. The van der Waals surface area contributed by atoms with Gasteiger partial charge in [0.15, 0.2) is 0 Å². The van der Waals surface area contributed by atoms with E-state index in [-0.39, 0.29) is 41.5 Å². The number of allylic oxidation sites excluding steroid dienone is 6. The second kappa shape index (κ2) is 16.3. The lowest BCUT2D eigenvalue weighted by molar-refractivity contribution is -0.142. The van der Waals surface area contributed by atoms with Gasteiger partial charge < -0.3 is 20.4 Å². The molecule has 2 atom stereocenters.